The predicted octanol–water partition coefficient (Wildman–Crippen LogP) is 5.37. The molecule has 0 atom stereocenters. The molecule has 2 aromatic carbocycles. The molecule has 1 saturated heterocycles. The van der Waals surface area contributed by atoms with Gasteiger partial charge in [-0.2, -0.15) is 0 Å². The summed E-state index contributed by atoms with van der Waals surface area (Å²) in [5.41, 5.74) is 2.73. The molecule has 2 heterocycles. The maximum atomic E-state index is 12.9. The third-order valence-corrected chi connectivity index (χ3v) is 9.82. The van der Waals surface area contributed by atoms with Crippen molar-refractivity contribution in [3.8, 4) is 0 Å². The average Bonchev–Trinajstić information content (AvgIpc) is 3.20. The Kier molecular flexibility index (Phi) is 7.40. The van der Waals surface area contributed by atoms with Crippen LogP contribution >= 0.6 is 11.6 Å². The molecule has 1 amide bonds. The molecule has 0 bridgehead atoms. The highest BCUT2D eigenvalue weighted by Crippen LogP contribution is 2.27. The third kappa shape index (κ3) is 5.47. The number of carbonyl (C=O) groups excluding carboxylic acids is 1. The fraction of sp³-hybridized carbons (Fsp3) is 0.500. The summed E-state index contributed by atoms with van der Waals surface area (Å²) in [4.78, 5) is 19.7. The van der Waals surface area contributed by atoms with Crippen molar-refractivity contribution in [1.82, 2.24) is 14.5 Å². The van der Waals surface area contributed by atoms with Gasteiger partial charge in [0.1, 0.15) is 5.82 Å². The van der Waals surface area contributed by atoms with Crippen LogP contribution in [0, 0.1) is 12.8 Å². The zero-order chi connectivity index (χ0) is 25.3. The van der Waals surface area contributed by atoms with E-state index in [4.69, 9.17) is 16.6 Å². The van der Waals surface area contributed by atoms with E-state index in [1.807, 2.05) is 17.0 Å². The zero-order valence-corrected chi connectivity index (χ0v) is 22.5. The van der Waals surface area contributed by atoms with Crippen molar-refractivity contribution >= 4 is 38.1 Å². The van der Waals surface area contributed by atoms with Gasteiger partial charge in [0.25, 0.3) is 0 Å². The van der Waals surface area contributed by atoms with E-state index in [1.54, 1.807) is 24.3 Å². The molecule has 1 aromatic heterocycles. The average molecular weight is 528 g/mol. The van der Waals surface area contributed by atoms with E-state index < -0.39 is 9.84 Å². The Hall–Kier alpha value is -2.38. The number of sulfone groups is 1. The number of benzene rings is 2. The molecule has 1 aliphatic carbocycles. The summed E-state index contributed by atoms with van der Waals surface area (Å²) >= 11 is 6.02. The monoisotopic (exact) mass is 527 g/mol. The SMILES string of the molecule is Cc1nc2c(n1CCC1CCN(C(=O)CCS(=O)(=O)c3ccc4cc(Cl)ccc4c3)CC1)CCCC2. The van der Waals surface area contributed by atoms with Crippen LogP contribution in [0.2, 0.25) is 5.02 Å². The van der Waals surface area contributed by atoms with Crippen molar-refractivity contribution in [2.45, 2.75) is 69.7 Å². The largest absolute Gasteiger partial charge is 0.343 e. The molecule has 0 unspecified atom stereocenters. The van der Waals surface area contributed by atoms with E-state index >= 15 is 0 Å². The van der Waals surface area contributed by atoms with Crippen molar-refractivity contribution in [2.75, 3.05) is 18.8 Å². The topological polar surface area (TPSA) is 72.3 Å². The fourth-order valence-electron chi connectivity index (χ4n) is 5.70. The first-order valence-corrected chi connectivity index (χ1v) is 15.1. The molecule has 6 nitrogen and oxygen atoms in total. The van der Waals surface area contributed by atoms with Gasteiger partial charge in [-0.15, -0.1) is 0 Å². The molecular weight excluding hydrogens is 494 g/mol. The minimum atomic E-state index is -3.54. The first-order chi connectivity index (χ1) is 17.3. The Balaban J connectivity index is 1.11. The number of imidazole rings is 1. The number of nitrogens with zero attached hydrogens (tertiary/aromatic N) is 3. The summed E-state index contributed by atoms with van der Waals surface area (Å²) in [6.07, 6.45) is 7.82. The van der Waals surface area contributed by atoms with E-state index in [0.29, 0.717) is 24.0 Å². The standard InChI is InChI=1S/C28H34ClN3O3S/c1-20-30-26-4-2-3-5-27(26)32(20)16-12-21-10-14-31(15-11-21)28(33)13-17-36(34,35)25-9-7-22-18-24(29)8-6-23(22)19-25/h6-9,18-19,21H,2-5,10-17H2,1H3. The molecule has 1 aliphatic heterocycles. The lowest BCUT2D eigenvalue weighted by Crippen LogP contribution is -2.39. The summed E-state index contributed by atoms with van der Waals surface area (Å²) in [5, 5.41) is 2.33. The quantitative estimate of drug-likeness (QED) is 0.414. The minimum Gasteiger partial charge on any atom is -0.343 e. The molecule has 0 radical (unpaired) electrons. The van der Waals surface area contributed by atoms with Gasteiger partial charge in [0.15, 0.2) is 9.84 Å². The molecular formula is C28H34ClN3O3S. The summed E-state index contributed by atoms with van der Waals surface area (Å²) in [6.45, 7) is 4.53. The van der Waals surface area contributed by atoms with Crippen LogP contribution in [0.1, 0.15) is 55.7 Å². The summed E-state index contributed by atoms with van der Waals surface area (Å²) in [6, 6.07) is 10.4. The fourth-order valence-corrected chi connectivity index (χ4v) is 7.14. The highest BCUT2D eigenvalue weighted by molar-refractivity contribution is 7.91. The highest BCUT2D eigenvalue weighted by Gasteiger charge is 2.25. The minimum absolute atomic E-state index is 0.0199. The summed E-state index contributed by atoms with van der Waals surface area (Å²) in [5.74, 6) is 1.48. The molecule has 192 valence electrons. The van der Waals surface area contributed by atoms with E-state index in [1.165, 1.54) is 24.2 Å². The van der Waals surface area contributed by atoms with E-state index in [9.17, 15) is 13.2 Å². The summed E-state index contributed by atoms with van der Waals surface area (Å²) < 4.78 is 28.2. The zero-order valence-electron chi connectivity index (χ0n) is 20.9. The normalized spacial score (nSPS) is 16.9. The number of fused-ring (bicyclic) bond motifs is 2. The molecule has 8 heteroatoms. The van der Waals surface area contributed by atoms with Crippen LogP contribution in [-0.2, 0) is 34.0 Å². The van der Waals surface area contributed by atoms with Crippen LogP contribution in [0.5, 0.6) is 0 Å². The molecule has 36 heavy (non-hydrogen) atoms. The van der Waals surface area contributed by atoms with Crippen LogP contribution in [0.15, 0.2) is 41.3 Å². The lowest BCUT2D eigenvalue weighted by molar-refractivity contribution is -0.132. The molecule has 3 aromatic rings. The summed E-state index contributed by atoms with van der Waals surface area (Å²) in [7, 11) is -3.54. The number of amides is 1. The number of likely N-dealkylation sites (tertiary alicyclic amines) is 1. The van der Waals surface area contributed by atoms with Crippen molar-refractivity contribution in [1.29, 1.82) is 0 Å². The molecule has 1 fully saturated rings. The van der Waals surface area contributed by atoms with Gasteiger partial charge in [0.2, 0.25) is 5.91 Å². The van der Waals surface area contributed by atoms with Gasteiger partial charge in [-0.1, -0.05) is 23.7 Å². The van der Waals surface area contributed by atoms with Crippen LogP contribution in [-0.4, -0.2) is 47.6 Å². The number of aryl methyl sites for hydroxylation is 2. The molecule has 0 saturated carbocycles. The van der Waals surface area contributed by atoms with Gasteiger partial charge in [0, 0.05) is 36.8 Å². The van der Waals surface area contributed by atoms with Gasteiger partial charge in [-0.05, 0) is 92.8 Å². The Morgan fingerprint density at radius 2 is 1.78 bits per heavy atom. The Bertz CT molecular complexity index is 1370. The number of carbonyl (C=O) groups is 1. The van der Waals surface area contributed by atoms with Gasteiger partial charge >= 0.3 is 0 Å². The van der Waals surface area contributed by atoms with E-state index in [2.05, 4.69) is 11.5 Å². The number of rotatable bonds is 7. The highest BCUT2D eigenvalue weighted by atomic mass is 35.5. The van der Waals surface area contributed by atoms with Gasteiger partial charge in [-0.3, -0.25) is 4.79 Å². The Morgan fingerprint density at radius 3 is 2.58 bits per heavy atom. The molecule has 0 N–H and O–H groups in total. The van der Waals surface area contributed by atoms with Crippen LogP contribution < -0.4 is 0 Å². The Labute approximate surface area is 218 Å². The second-order valence-electron chi connectivity index (χ2n) is 10.2. The molecule has 2 aliphatic rings. The van der Waals surface area contributed by atoms with Crippen LogP contribution in [0.3, 0.4) is 0 Å². The number of aromatic nitrogens is 2. The lowest BCUT2D eigenvalue weighted by atomic mass is 9.93. The van der Waals surface area contributed by atoms with Crippen molar-refractivity contribution in [2.24, 2.45) is 5.92 Å². The number of hydrogen-bond donors (Lipinski definition) is 0. The number of hydrogen-bond acceptors (Lipinski definition) is 4. The lowest BCUT2D eigenvalue weighted by Gasteiger charge is -2.32. The maximum Gasteiger partial charge on any atom is 0.223 e. The van der Waals surface area contributed by atoms with Crippen LogP contribution in [0.4, 0.5) is 0 Å². The number of piperidine rings is 1. The number of halogens is 1. The maximum absolute atomic E-state index is 12.9. The van der Waals surface area contributed by atoms with E-state index in [0.717, 1.165) is 55.2 Å². The van der Waals surface area contributed by atoms with Crippen molar-refractivity contribution < 1.29 is 13.2 Å². The predicted molar refractivity (Wildman–Crippen MR) is 143 cm³/mol. The van der Waals surface area contributed by atoms with Crippen LogP contribution in [0.25, 0.3) is 10.8 Å². The molecule has 5 rings (SSSR count). The van der Waals surface area contributed by atoms with Gasteiger partial charge in [0.05, 0.1) is 16.3 Å². The van der Waals surface area contributed by atoms with Crippen molar-refractivity contribution in [3.05, 3.63) is 58.6 Å². The van der Waals surface area contributed by atoms with E-state index in [-0.39, 0.29) is 23.0 Å². The smallest absolute Gasteiger partial charge is 0.223 e. The third-order valence-electron chi connectivity index (χ3n) is 7.87. The first kappa shape index (κ1) is 25.3. The Morgan fingerprint density at radius 1 is 1.06 bits per heavy atom. The first-order valence-electron chi connectivity index (χ1n) is 13.0. The van der Waals surface area contributed by atoms with Gasteiger partial charge < -0.3 is 9.47 Å². The second kappa shape index (κ2) is 10.5. The molecule has 0 spiro atoms. The van der Waals surface area contributed by atoms with Crippen molar-refractivity contribution in [3.63, 3.8) is 0 Å². The van der Waals surface area contributed by atoms with Gasteiger partial charge in [-0.25, -0.2) is 13.4 Å². The second-order valence-corrected chi connectivity index (χ2v) is 12.8.